The summed E-state index contributed by atoms with van der Waals surface area (Å²) >= 11 is 6.26. The predicted octanol–water partition coefficient (Wildman–Crippen LogP) is 2.50. The molecule has 0 aliphatic carbocycles. The largest absolute Gasteiger partial charge is 0.460 e. The van der Waals surface area contributed by atoms with Gasteiger partial charge < -0.3 is 9.64 Å². The number of carbonyl (C=O) groups is 2. The first-order valence-corrected chi connectivity index (χ1v) is 7.10. The van der Waals surface area contributed by atoms with Crippen molar-refractivity contribution in [1.82, 2.24) is 4.90 Å². The zero-order valence-electron chi connectivity index (χ0n) is 11.7. The highest BCUT2D eigenvalue weighted by Crippen LogP contribution is 2.32. The summed E-state index contributed by atoms with van der Waals surface area (Å²) in [7, 11) is 2.08. The fraction of sp³-hybridized carbons (Fsp3) is 0.467. The lowest BCUT2D eigenvalue weighted by Gasteiger charge is -2.13. The molecule has 1 aromatic rings. The van der Waals surface area contributed by atoms with E-state index >= 15 is 0 Å². The van der Waals surface area contributed by atoms with Crippen molar-refractivity contribution in [2.45, 2.75) is 19.3 Å². The van der Waals surface area contributed by atoms with Crippen LogP contribution in [0, 0.1) is 0 Å². The number of hydrogen-bond donors (Lipinski definition) is 0. The molecule has 0 aromatic heterocycles. The monoisotopic (exact) mass is 295 g/mol. The van der Waals surface area contributed by atoms with Crippen LogP contribution in [0.3, 0.4) is 0 Å². The molecule has 1 aliphatic heterocycles. The lowest BCUT2D eigenvalue weighted by atomic mass is 9.96. The second-order valence-corrected chi connectivity index (χ2v) is 5.44. The molecule has 0 spiro atoms. The number of rotatable bonds is 4. The van der Waals surface area contributed by atoms with Crippen molar-refractivity contribution in [1.29, 1.82) is 0 Å². The molecule has 20 heavy (non-hydrogen) atoms. The molecule has 0 N–H and O–H groups in total. The molecule has 0 bridgehead atoms. The van der Waals surface area contributed by atoms with E-state index in [0.717, 1.165) is 25.1 Å². The van der Waals surface area contributed by atoms with Crippen LogP contribution in [0.1, 0.15) is 35.2 Å². The highest BCUT2D eigenvalue weighted by molar-refractivity contribution is 6.41. The highest BCUT2D eigenvalue weighted by atomic mass is 35.5. The van der Waals surface area contributed by atoms with Crippen LogP contribution in [-0.4, -0.2) is 43.4 Å². The first-order chi connectivity index (χ1) is 9.52. The molecular weight excluding hydrogens is 278 g/mol. The molecule has 0 amide bonds. The van der Waals surface area contributed by atoms with E-state index in [-0.39, 0.29) is 12.2 Å². The minimum atomic E-state index is -0.836. The Morgan fingerprint density at radius 3 is 2.75 bits per heavy atom. The summed E-state index contributed by atoms with van der Waals surface area (Å²) in [5.74, 6) is -1.10. The first kappa shape index (κ1) is 15.0. The lowest BCUT2D eigenvalue weighted by molar-refractivity contribution is -0.137. The van der Waals surface area contributed by atoms with Gasteiger partial charge in [-0.1, -0.05) is 23.7 Å². The number of benzene rings is 1. The summed E-state index contributed by atoms with van der Waals surface area (Å²) in [5.41, 5.74) is 1.32. The van der Waals surface area contributed by atoms with Crippen LogP contribution in [0.2, 0.25) is 5.02 Å². The van der Waals surface area contributed by atoms with E-state index in [4.69, 9.17) is 16.3 Å². The van der Waals surface area contributed by atoms with Crippen molar-refractivity contribution in [3.63, 3.8) is 0 Å². The Balaban J connectivity index is 2.17. The molecular formula is C15H18ClNO3. The van der Waals surface area contributed by atoms with E-state index in [0.29, 0.717) is 10.9 Å². The number of ether oxygens (including phenoxy) is 1. The van der Waals surface area contributed by atoms with E-state index in [2.05, 4.69) is 11.9 Å². The third kappa shape index (κ3) is 3.19. The molecule has 0 saturated carbocycles. The van der Waals surface area contributed by atoms with Gasteiger partial charge in [0.2, 0.25) is 0 Å². The Kier molecular flexibility index (Phi) is 4.78. The van der Waals surface area contributed by atoms with E-state index in [1.54, 1.807) is 19.1 Å². The maximum absolute atomic E-state index is 11.8. The van der Waals surface area contributed by atoms with Crippen LogP contribution in [0.5, 0.6) is 0 Å². The first-order valence-electron chi connectivity index (χ1n) is 6.72. The van der Waals surface area contributed by atoms with Crippen molar-refractivity contribution >= 4 is 23.4 Å². The molecule has 1 atom stereocenters. The Morgan fingerprint density at radius 2 is 2.20 bits per heavy atom. The maximum atomic E-state index is 11.8. The van der Waals surface area contributed by atoms with Gasteiger partial charge in [0.15, 0.2) is 0 Å². The zero-order chi connectivity index (χ0) is 14.7. The Hall–Kier alpha value is -1.39. The minimum absolute atomic E-state index is 0.185. The van der Waals surface area contributed by atoms with Gasteiger partial charge in [0.05, 0.1) is 6.61 Å². The number of likely N-dealkylation sites (N-methyl/N-ethyl adjacent to an activating group) is 1. The Labute approximate surface area is 123 Å². The standard InChI is InChI=1S/C15H18ClNO3/c1-3-20-15(19)14(18)10-4-5-12(13(16)8-10)11-6-7-17(2)9-11/h4-5,8,11H,3,6-7,9H2,1-2H3. The summed E-state index contributed by atoms with van der Waals surface area (Å²) in [6, 6.07) is 5.06. The molecule has 1 heterocycles. The normalized spacial score (nSPS) is 19.1. The van der Waals surface area contributed by atoms with Gasteiger partial charge in [-0.3, -0.25) is 4.79 Å². The number of nitrogens with zero attached hydrogens (tertiary/aromatic N) is 1. The number of carbonyl (C=O) groups excluding carboxylic acids is 2. The molecule has 1 aromatic carbocycles. The summed E-state index contributed by atoms with van der Waals surface area (Å²) in [5, 5.41) is 0.542. The molecule has 2 rings (SSSR count). The molecule has 0 radical (unpaired) electrons. The van der Waals surface area contributed by atoms with Gasteiger partial charge in [-0.25, -0.2) is 4.79 Å². The molecule has 1 unspecified atom stereocenters. The summed E-state index contributed by atoms with van der Waals surface area (Å²) < 4.78 is 4.70. The highest BCUT2D eigenvalue weighted by Gasteiger charge is 2.24. The van der Waals surface area contributed by atoms with Crippen molar-refractivity contribution in [3.8, 4) is 0 Å². The van der Waals surface area contributed by atoms with Gasteiger partial charge in [0, 0.05) is 17.1 Å². The van der Waals surface area contributed by atoms with Gasteiger partial charge in [-0.05, 0) is 44.5 Å². The van der Waals surface area contributed by atoms with Gasteiger partial charge in [0.1, 0.15) is 0 Å². The topological polar surface area (TPSA) is 46.6 Å². The Bertz CT molecular complexity index is 530. The fourth-order valence-corrected chi connectivity index (χ4v) is 2.84. The second-order valence-electron chi connectivity index (χ2n) is 5.03. The molecule has 1 saturated heterocycles. The molecule has 4 nitrogen and oxygen atoms in total. The molecule has 1 aliphatic rings. The van der Waals surface area contributed by atoms with Crippen LogP contribution in [-0.2, 0) is 9.53 Å². The maximum Gasteiger partial charge on any atom is 0.379 e. The quantitative estimate of drug-likeness (QED) is 0.486. The molecule has 108 valence electrons. The number of esters is 1. The van der Waals surface area contributed by atoms with Gasteiger partial charge in [0.25, 0.3) is 5.78 Å². The summed E-state index contributed by atoms with van der Waals surface area (Å²) in [6.45, 7) is 3.86. The molecule has 5 heteroatoms. The lowest BCUT2D eigenvalue weighted by Crippen LogP contribution is -2.17. The van der Waals surface area contributed by atoms with E-state index in [1.807, 2.05) is 6.07 Å². The van der Waals surface area contributed by atoms with Gasteiger partial charge in [-0.15, -0.1) is 0 Å². The van der Waals surface area contributed by atoms with E-state index < -0.39 is 11.8 Å². The summed E-state index contributed by atoms with van der Waals surface area (Å²) in [6.07, 6.45) is 1.06. The number of halogens is 1. The number of hydrogen-bond acceptors (Lipinski definition) is 4. The number of ketones is 1. The van der Waals surface area contributed by atoms with E-state index in [9.17, 15) is 9.59 Å². The number of likely N-dealkylation sites (tertiary alicyclic amines) is 1. The Morgan fingerprint density at radius 1 is 1.45 bits per heavy atom. The van der Waals surface area contributed by atoms with Crippen LogP contribution in [0.25, 0.3) is 0 Å². The van der Waals surface area contributed by atoms with Crippen LogP contribution >= 0.6 is 11.6 Å². The van der Waals surface area contributed by atoms with Gasteiger partial charge >= 0.3 is 5.97 Å². The van der Waals surface area contributed by atoms with Crippen molar-refractivity contribution in [3.05, 3.63) is 34.3 Å². The second kappa shape index (κ2) is 6.37. The third-order valence-corrected chi connectivity index (χ3v) is 3.88. The number of Topliss-reactive ketones (excluding diaryl/α,β-unsaturated/α-hetero) is 1. The SMILES string of the molecule is CCOC(=O)C(=O)c1ccc(C2CCN(C)C2)c(Cl)c1. The third-order valence-electron chi connectivity index (χ3n) is 3.55. The fourth-order valence-electron chi connectivity index (χ4n) is 2.50. The summed E-state index contributed by atoms with van der Waals surface area (Å²) in [4.78, 5) is 25.5. The smallest absolute Gasteiger partial charge is 0.379 e. The van der Waals surface area contributed by atoms with Crippen molar-refractivity contribution in [2.75, 3.05) is 26.7 Å². The van der Waals surface area contributed by atoms with Gasteiger partial charge in [-0.2, -0.15) is 0 Å². The van der Waals surface area contributed by atoms with Crippen LogP contribution in [0.4, 0.5) is 0 Å². The van der Waals surface area contributed by atoms with Crippen LogP contribution < -0.4 is 0 Å². The minimum Gasteiger partial charge on any atom is -0.460 e. The average Bonchev–Trinajstić information content (AvgIpc) is 2.84. The predicted molar refractivity (Wildman–Crippen MR) is 77.3 cm³/mol. The van der Waals surface area contributed by atoms with E-state index in [1.165, 1.54) is 0 Å². The zero-order valence-corrected chi connectivity index (χ0v) is 12.4. The van der Waals surface area contributed by atoms with Crippen molar-refractivity contribution < 1.29 is 14.3 Å². The van der Waals surface area contributed by atoms with Crippen LogP contribution in [0.15, 0.2) is 18.2 Å². The average molecular weight is 296 g/mol. The molecule has 1 fully saturated rings. The van der Waals surface area contributed by atoms with Crippen molar-refractivity contribution in [2.24, 2.45) is 0 Å².